The van der Waals surface area contributed by atoms with E-state index in [2.05, 4.69) is 38.8 Å². The topological polar surface area (TPSA) is 25.0 Å². The second-order valence-corrected chi connectivity index (χ2v) is 5.86. The van der Waals surface area contributed by atoms with E-state index in [9.17, 15) is 0 Å². The van der Waals surface area contributed by atoms with Gasteiger partial charge in [0.1, 0.15) is 12.3 Å². The van der Waals surface area contributed by atoms with Crippen LogP contribution < -0.4 is 5.32 Å². The first-order valence-corrected chi connectivity index (χ1v) is 6.67. The lowest BCUT2D eigenvalue weighted by atomic mass is 10.3. The molecule has 3 aliphatic heterocycles. The van der Waals surface area contributed by atoms with Crippen LogP contribution in [-0.2, 0) is 0 Å². The lowest BCUT2D eigenvalue weighted by Gasteiger charge is -2.44. The van der Waals surface area contributed by atoms with E-state index in [0.717, 1.165) is 23.6 Å². The third kappa shape index (κ3) is 1.45. The number of rotatable bonds is 1. The second-order valence-electron chi connectivity index (χ2n) is 5.11. The Morgan fingerprint density at radius 2 is 1.88 bits per heavy atom. The van der Waals surface area contributed by atoms with Crippen LogP contribution in [0.1, 0.15) is 13.8 Å². The maximum atomic E-state index is 5.50. The van der Waals surface area contributed by atoms with Crippen LogP contribution in [0.5, 0.6) is 0 Å². The highest BCUT2D eigenvalue weighted by molar-refractivity contribution is 7.80. The molecule has 0 aliphatic carbocycles. The van der Waals surface area contributed by atoms with Gasteiger partial charge in [0.05, 0.1) is 13.3 Å². The lowest BCUT2D eigenvalue weighted by Crippen LogP contribution is -2.61. The first kappa shape index (κ1) is 11.4. The van der Waals surface area contributed by atoms with Crippen molar-refractivity contribution in [3.63, 3.8) is 0 Å². The molecule has 0 saturated carbocycles. The Morgan fingerprint density at radius 3 is 2.53 bits per heavy atom. The number of likely N-dealkylation sites (N-methyl/N-ethyl adjacent to an activating group) is 1. The zero-order valence-corrected chi connectivity index (χ0v) is 11.9. The molecular formula is C10H17N5S2. The fraction of sp³-hybridized carbons (Fsp3) is 0.800. The van der Waals surface area contributed by atoms with Gasteiger partial charge in [-0.05, 0) is 38.3 Å². The molecule has 0 amide bonds. The van der Waals surface area contributed by atoms with E-state index in [1.165, 1.54) is 0 Å². The van der Waals surface area contributed by atoms with Gasteiger partial charge in [0.15, 0.2) is 10.2 Å². The highest BCUT2D eigenvalue weighted by atomic mass is 32.1. The number of thiocarbonyl (C=S) groups is 2. The molecule has 3 rings (SSSR count). The summed E-state index contributed by atoms with van der Waals surface area (Å²) in [4.78, 5) is 8.98. The number of hydrogen-bond donors (Lipinski definition) is 1. The summed E-state index contributed by atoms with van der Waals surface area (Å²) < 4.78 is 0. The minimum Gasteiger partial charge on any atom is -0.339 e. The van der Waals surface area contributed by atoms with E-state index < -0.39 is 0 Å². The molecule has 5 nitrogen and oxygen atoms in total. The van der Waals surface area contributed by atoms with Crippen LogP contribution in [0.3, 0.4) is 0 Å². The highest BCUT2D eigenvalue weighted by Gasteiger charge is 2.53. The van der Waals surface area contributed by atoms with Crippen LogP contribution in [-0.4, -0.2) is 68.6 Å². The number of hydrogen-bond acceptors (Lipinski definition) is 3. The molecule has 0 aromatic rings. The van der Waals surface area contributed by atoms with Gasteiger partial charge in [-0.15, -0.1) is 0 Å². The molecule has 2 atom stereocenters. The zero-order chi connectivity index (χ0) is 12.3. The molecule has 0 bridgehead atoms. The molecule has 0 aromatic carbocycles. The third-order valence-corrected chi connectivity index (χ3v) is 4.69. The van der Waals surface area contributed by atoms with Gasteiger partial charge < -0.3 is 20.0 Å². The largest absolute Gasteiger partial charge is 0.339 e. The Balaban J connectivity index is 1.94. The molecule has 1 N–H and O–H groups in total. The molecule has 0 aromatic heterocycles. The third-order valence-electron chi connectivity index (χ3n) is 3.82. The molecule has 0 spiro atoms. The Morgan fingerprint density at radius 1 is 1.24 bits per heavy atom. The molecule has 0 radical (unpaired) electrons. The van der Waals surface area contributed by atoms with Crippen molar-refractivity contribution in [2.45, 2.75) is 32.2 Å². The molecule has 17 heavy (non-hydrogen) atoms. The van der Waals surface area contributed by atoms with Crippen LogP contribution in [0.15, 0.2) is 0 Å². The molecule has 3 saturated heterocycles. The second kappa shape index (κ2) is 3.66. The molecule has 94 valence electrons. The molecule has 3 fully saturated rings. The predicted octanol–water partition coefficient (Wildman–Crippen LogP) is 0.00000000000000111. The lowest BCUT2D eigenvalue weighted by molar-refractivity contribution is -0.00894. The Labute approximate surface area is 112 Å². The number of nitrogens with one attached hydrogen (secondary N) is 1. The maximum Gasteiger partial charge on any atom is 0.175 e. The predicted molar refractivity (Wildman–Crippen MR) is 74.1 cm³/mol. The summed E-state index contributed by atoms with van der Waals surface area (Å²) >= 11 is 10.9. The van der Waals surface area contributed by atoms with Crippen LogP contribution in [0.25, 0.3) is 0 Å². The van der Waals surface area contributed by atoms with Crippen LogP contribution in [0.2, 0.25) is 0 Å². The molecule has 2 unspecified atom stereocenters. The van der Waals surface area contributed by atoms with Crippen molar-refractivity contribution in [2.75, 3.05) is 20.4 Å². The van der Waals surface area contributed by atoms with Crippen molar-refractivity contribution >= 4 is 34.7 Å². The van der Waals surface area contributed by atoms with Gasteiger partial charge >= 0.3 is 0 Å². The van der Waals surface area contributed by atoms with Crippen molar-refractivity contribution in [1.29, 1.82) is 0 Å². The van der Waals surface area contributed by atoms with E-state index in [4.69, 9.17) is 24.4 Å². The minimum atomic E-state index is 0.212. The van der Waals surface area contributed by atoms with Crippen molar-refractivity contribution in [3.05, 3.63) is 0 Å². The van der Waals surface area contributed by atoms with E-state index in [1.54, 1.807) is 0 Å². The maximum absolute atomic E-state index is 5.50. The average molecular weight is 271 g/mol. The van der Waals surface area contributed by atoms with Gasteiger partial charge in [0.2, 0.25) is 0 Å². The monoisotopic (exact) mass is 271 g/mol. The van der Waals surface area contributed by atoms with Crippen LogP contribution in [0, 0.1) is 0 Å². The van der Waals surface area contributed by atoms with Gasteiger partial charge in [0, 0.05) is 13.1 Å². The van der Waals surface area contributed by atoms with E-state index in [-0.39, 0.29) is 12.3 Å². The summed E-state index contributed by atoms with van der Waals surface area (Å²) in [5.41, 5.74) is 0. The summed E-state index contributed by atoms with van der Waals surface area (Å²) in [6.45, 7) is 6.18. The fourth-order valence-corrected chi connectivity index (χ4v) is 3.27. The summed E-state index contributed by atoms with van der Waals surface area (Å²) in [5, 5.41) is 5.10. The van der Waals surface area contributed by atoms with Crippen molar-refractivity contribution in [1.82, 2.24) is 24.9 Å². The fourth-order valence-electron chi connectivity index (χ4n) is 2.70. The first-order valence-electron chi connectivity index (χ1n) is 5.85. The molecule has 3 aliphatic rings. The Bertz CT molecular complexity index is 385. The average Bonchev–Trinajstić information content (AvgIpc) is 2.74. The minimum absolute atomic E-state index is 0.212. The molecule has 7 heteroatoms. The van der Waals surface area contributed by atoms with Crippen LogP contribution >= 0.6 is 24.4 Å². The van der Waals surface area contributed by atoms with Gasteiger partial charge in [-0.2, -0.15) is 0 Å². The summed E-state index contributed by atoms with van der Waals surface area (Å²) in [6, 6.07) is 0.492. The highest BCUT2D eigenvalue weighted by Crippen LogP contribution is 2.32. The van der Waals surface area contributed by atoms with Crippen molar-refractivity contribution < 1.29 is 0 Å². The van der Waals surface area contributed by atoms with Crippen molar-refractivity contribution in [2.24, 2.45) is 0 Å². The van der Waals surface area contributed by atoms with Gasteiger partial charge in [-0.25, -0.2) is 0 Å². The van der Waals surface area contributed by atoms with Crippen LogP contribution in [0.4, 0.5) is 0 Å². The quantitative estimate of drug-likeness (QED) is 0.670. The van der Waals surface area contributed by atoms with Gasteiger partial charge in [-0.1, -0.05) is 0 Å². The van der Waals surface area contributed by atoms with Gasteiger partial charge in [0.25, 0.3) is 0 Å². The Hall–Kier alpha value is -0.660. The first-order chi connectivity index (χ1) is 8.00. The summed E-state index contributed by atoms with van der Waals surface area (Å²) in [5.74, 6) is 0. The number of nitrogens with zero attached hydrogens (tertiary/aromatic N) is 4. The van der Waals surface area contributed by atoms with E-state index >= 15 is 0 Å². The summed E-state index contributed by atoms with van der Waals surface area (Å²) in [6.07, 6.45) is 0.485. The molecular weight excluding hydrogens is 254 g/mol. The van der Waals surface area contributed by atoms with E-state index in [1.807, 2.05) is 7.05 Å². The normalized spacial score (nSPS) is 32.6. The SMILES string of the molecule is CC(C)N1CN2C(=S)NC3C2N(C1)C(=S)N3C. The standard InChI is InChI=1S/C10H17N5S2/c1-6(2)13-4-14-8-7(11-9(14)16)12(3)10(17)15(8)5-13/h6-8H,4-5H2,1-3H3,(H,11,16). The van der Waals surface area contributed by atoms with Crippen molar-refractivity contribution in [3.8, 4) is 0 Å². The van der Waals surface area contributed by atoms with E-state index in [0.29, 0.717) is 6.04 Å². The summed E-state index contributed by atoms with van der Waals surface area (Å²) in [7, 11) is 2.03. The zero-order valence-electron chi connectivity index (χ0n) is 10.3. The molecule has 3 heterocycles. The smallest absolute Gasteiger partial charge is 0.175 e. The van der Waals surface area contributed by atoms with Gasteiger partial charge in [-0.3, -0.25) is 4.90 Å². The Kier molecular flexibility index (Phi) is 2.46.